The van der Waals surface area contributed by atoms with Crippen molar-refractivity contribution in [1.29, 1.82) is 0 Å². The van der Waals surface area contributed by atoms with Crippen LogP contribution in [0.5, 0.6) is 0 Å². The molecule has 0 aromatic rings. The van der Waals surface area contributed by atoms with Crippen molar-refractivity contribution in [2.75, 3.05) is 13.2 Å². The number of hydrogen-bond acceptors (Lipinski definition) is 5. The van der Waals surface area contributed by atoms with Gasteiger partial charge in [0.2, 0.25) is 0 Å². The Kier molecular flexibility index (Phi) is 6.00. The topological polar surface area (TPSA) is 75.7 Å². The molecule has 0 aromatic carbocycles. The van der Waals surface area contributed by atoms with Gasteiger partial charge in [-0.05, 0) is 6.42 Å². The van der Waals surface area contributed by atoms with E-state index in [9.17, 15) is 13.6 Å². The number of hydrogen-bond donors (Lipinski definition) is 0. The predicted octanol–water partition coefficient (Wildman–Crippen LogP) is -0.250. The van der Waals surface area contributed by atoms with Gasteiger partial charge in [-0.2, -0.15) is 0 Å². The van der Waals surface area contributed by atoms with Crippen molar-refractivity contribution in [1.82, 2.24) is 0 Å². The quantitative estimate of drug-likeness (QED) is 0.432. The van der Waals surface area contributed by atoms with Crippen LogP contribution in [0.2, 0.25) is 0 Å². The largest absolute Gasteiger partial charge is 0.750 e. The molecule has 0 heterocycles. The lowest BCUT2D eigenvalue weighted by molar-refractivity contribution is -0.145. The molecule has 1 unspecified atom stereocenters. The minimum atomic E-state index is -2.64. The Labute approximate surface area is 67.2 Å². The number of rotatable bonds is 5. The second-order valence-electron chi connectivity index (χ2n) is 1.69. The molecule has 66 valence electrons. The zero-order chi connectivity index (χ0) is 8.69. The first kappa shape index (κ1) is 10.5. The van der Waals surface area contributed by atoms with E-state index >= 15 is 0 Å². The van der Waals surface area contributed by atoms with Crippen molar-refractivity contribution in [3.63, 3.8) is 0 Å². The van der Waals surface area contributed by atoms with Crippen LogP contribution in [0.25, 0.3) is 0 Å². The Hall–Kier alpha value is -0.460. The number of carbonyl (C=O) groups excluding carboxylic acids is 1. The van der Waals surface area contributed by atoms with Gasteiger partial charge in [0.1, 0.15) is 0 Å². The Morgan fingerprint density at radius 2 is 2.27 bits per heavy atom. The minimum Gasteiger partial charge on any atom is -0.750 e. The molecule has 0 radical (unpaired) electrons. The molecular formula is C5H9O5S-. The lowest BCUT2D eigenvalue weighted by atomic mass is 10.5. The summed E-state index contributed by atoms with van der Waals surface area (Å²) in [5.74, 6) is -0.670. The van der Waals surface area contributed by atoms with Crippen molar-refractivity contribution >= 4 is 17.3 Å². The van der Waals surface area contributed by atoms with Gasteiger partial charge in [0, 0.05) is 0 Å². The van der Waals surface area contributed by atoms with E-state index in [4.69, 9.17) is 0 Å². The molecule has 1 atom stereocenters. The maximum absolute atomic E-state index is 10.5. The first-order valence-electron chi connectivity index (χ1n) is 3.05. The highest BCUT2D eigenvalue weighted by molar-refractivity contribution is 7.74. The summed E-state index contributed by atoms with van der Waals surface area (Å²) in [6.07, 6.45) is 0.701. The van der Waals surface area contributed by atoms with Gasteiger partial charge in [0.15, 0.2) is 6.61 Å². The molecular weight excluding hydrogens is 172 g/mol. The third kappa shape index (κ3) is 7.44. The summed E-state index contributed by atoms with van der Waals surface area (Å²) in [6.45, 7) is 1.57. The summed E-state index contributed by atoms with van der Waals surface area (Å²) in [5, 5.41) is 0. The molecule has 0 saturated carbocycles. The normalized spacial score (nSPS) is 12.5. The lowest BCUT2D eigenvalue weighted by Crippen LogP contribution is -2.13. The van der Waals surface area contributed by atoms with Crippen LogP contribution in [0.4, 0.5) is 0 Å². The fourth-order valence-corrected chi connectivity index (χ4v) is 0.546. The van der Waals surface area contributed by atoms with Gasteiger partial charge < -0.3 is 9.29 Å². The number of ether oxygens (including phenoxy) is 1. The van der Waals surface area contributed by atoms with Crippen molar-refractivity contribution in [2.45, 2.75) is 13.3 Å². The van der Waals surface area contributed by atoms with Crippen LogP contribution in [-0.2, 0) is 25.1 Å². The van der Waals surface area contributed by atoms with E-state index in [-0.39, 0.29) is 6.61 Å². The zero-order valence-corrected chi connectivity index (χ0v) is 6.89. The lowest BCUT2D eigenvalue weighted by Gasteiger charge is -2.04. The van der Waals surface area contributed by atoms with Crippen LogP contribution in [0.1, 0.15) is 13.3 Å². The molecule has 0 aliphatic heterocycles. The van der Waals surface area contributed by atoms with E-state index < -0.39 is 23.9 Å². The number of carbonyl (C=O) groups is 1. The fraction of sp³-hybridized carbons (Fsp3) is 0.800. The van der Waals surface area contributed by atoms with Gasteiger partial charge in [-0.1, -0.05) is 6.92 Å². The molecule has 0 saturated heterocycles. The molecule has 0 fully saturated rings. The monoisotopic (exact) mass is 181 g/mol. The van der Waals surface area contributed by atoms with Crippen molar-refractivity contribution < 1.29 is 22.5 Å². The molecule has 6 heteroatoms. The van der Waals surface area contributed by atoms with E-state index in [0.717, 1.165) is 0 Å². The van der Waals surface area contributed by atoms with Gasteiger partial charge in [-0.15, -0.1) is 0 Å². The van der Waals surface area contributed by atoms with Crippen molar-refractivity contribution in [3.8, 4) is 0 Å². The van der Waals surface area contributed by atoms with Gasteiger partial charge >= 0.3 is 5.97 Å². The number of esters is 1. The Balaban J connectivity index is 3.30. The molecule has 5 nitrogen and oxygen atoms in total. The van der Waals surface area contributed by atoms with Gasteiger partial charge in [-0.3, -0.25) is 4.18 Å². The molecule has 0 N–H and O–H groups in total. The maximum atomic E-state index is 10.5. The van der Waals surface area contributed by atoms with Crippen LogP contribution in [0, 0.1) is 0 Å². The Bertz CT molecular complexity index is 146. The van der Waals surface area contributed by atoms with Crippen molar-refractivity contribution in [2.24, 2.45) is 0 Å². The van der Waals surface area contributed by atoms with Crippen LogP contribution in [0.15, 0.2) is 0 Å². The fourth-order valence-electron chi connectivity index (χ4n) is 0.354. The average Bonchev–Trinajstić information content (AvgIpc) is 1.97. The van der Waals surface area contributed by atoms with E-state index in [2.05, 4.69) is 8.92 Å². The molecule has 0 spiro atoms. The highest BCUT2D eigenvalue weighted by Gasteiger charge is 2.00. The molecule has 0 aliphatic rings. The molecule has 0 aromatic heterocycles. The smallest absolute Gasteiger partial charge is 0.333 e. The first-order valence-corrected chi connectivity index (χ1v) is 4.05. The average molecular weight is 181 g/mol. The summed E-state index contributed by atoms with van der Waals surface area (Å²) in [7, 11) is 0. The van der Waals surface area contributed by atoms with Crippen molar-refractivity contribution in [3.05, 3.63) is 0 Å². The summed E-state index contributed by atoms with van der Waals surface area (Å²) >= 11 is -2.64. The summed E-state index contributed by atoms with van der Waals surface area (Å²) in [4.78, 5) is 10.5. The maximum Gasteiger partial charge on any atom is 0.333 e. The molecule has 11 heavy (non-hydrogen) atoms. The molecule has 0 amide bonds. The minimum absolute atomic E-state index is 0.285. The van der Waals surface area contributed by atoms with Crippen LogP contribution in [-0.4, -0.2) is 27.9 Å². The second kappa shape index (κ2) is 6.26. The Morgan fingerprint density at radius 3 is 2.73 bits per heavy atom. The first-order chi connectivity index (χ1) is 5.16. The van der Waals surface area contributed by atoms with E-state index in [1.165, 1.54) is 0 Å². The summed E-state index contributed by atoms with van der Waals surface area (Å²) in [6, 6.07) is 0. The molecule has 0 rings (SSSR count). The summed E-state index contributed by atoms with van der Waals surface area (Å²) in [5.41, 5.74) is 0. The zero-order valence-electron chi connectivity index (χ0n) is 6.07. The second-order valence-corrected chi connectivity index (χ2v) is 2.33. The molecule has 0 bridgehead atoms. The standard InChI is InChI=1S/C5H10O5S/c1-2-3-9-5(6)4-10-11(7)8/h2-4H2,1H3,(H,7,8)/p-1. The van der Waals surface area contributed by atoms with E-state index in [1.807, 2.05) is 6.92 Å². The van der Waals surface area contributed by atoms with Crippen LogP contribution < -0.4 is 0 Å². The van der Waals surface area contributed by atoms with Gasteiger partial charge in [0.05, 0.1) is 18.0 Å². The highest BCUT2D eigenvalue weighted by Crippen LogP contribution is 1.85. The third-order valence-electron chi connectivity index (χ3n) is 0.740. The van der Waals surface area contributed by atoms with Gasteiger partial charge in [0.25, 0.3) is 0 Å². The Morgan fingerprint density at radius 1 is 1.64 bits per heavy atom. The predicted molar refractivity (Wildman–Crippen MR) is 36.1 cm³/mol. The SMILES string of the molecule is CCCOC(=O)COS(=O)[O-]. The van der Waals surface area contributed by atoms with E-state index in [1.54, 1.807) is 0 Å². The third-order valence-corrected chi connectivity index (χ3v) is 1.05. The van der Waals surface area contributed by atoms with Crippen LogP contribution >= 0.6 is 0 Å². The molecule has 0 aliphatic carbocycles. The van der Waals surface area contributed by atoms with Gasteiger partial charge in [-0.25, -0.2) is 9.00 Å². The summed E-state index contributed by atoms with van der Waals surface area (Å²) < 4.78 is 27.9. The van der Waals surface area contributed by atoms with Crippen LogP contribution in [0.3, 0.4) is 0 Å². The highest BCUT2D eigenvalue weighted by atomic mass is 32.2. The van der Waals surface area contributed by atoms with E-state index in [0.29, 0.717) is 6.42 Å².